The summed E-state index contributed by atoms with van der Waals surface area (Å²) in [6.45, 7) is 2.08. The maximum atomic E-state index is 15.2. The van der Waals surface area contributed by atoms with Crippen LogP contribution in [0, 0.1) is 11.8 Å². The number of halogens is 4. The summed E-state index contributed by atoms with van der Waals surface area (Å²) in [6.07, 6.45) is -3.05. The lowest BCUT2D eigenvalue weighted by molar-refractivity contribution is -0.159. The van der Waals surface area contributed by atoms with Crippen molar-refractivity contribution >= 4 is 22.1 Å². The smallest absolute Gasteiger partial charge is 0.465 e. The summed E-state index contributed by atoms with van der Waals surface area (Å²) in [4.78, 5) is 26.7. The normalized spacial score (nSPS) is 34.1. The van der Waals surface area contributed by atoms with E-state index in [0.29, 0.717) is 0 Å². The highest BCUT2D eigenvalue weighted by Crippen LogP contribution is 2.70. The largest absolute Gasteiger partial charge is 0.523 e. The van der Waals surface area contributed by atoms with E-state index in [4.69, 9.17) is 5.53 Å². The molecule has 0 bridgehead atoms. The SMILES string of the molecule is CCOC(=O)[C@@]1(F)[C@@H]2C[C@H](OS(=O)(=O)C(F)(F)F)[C@@](N=[N+]=[N-])(C(=O)OCC)[C@@H]21. The molecule has 5 atom stereocenters. The van der Waals surface area contributed by atoms with E-state index in [0.717, 1.165) is 0 Å². The summed E-state index contributed by atoms with van der Waals surface area (Å²) in [5, 5.41) is 3.08. The number of azide groups is 1. The van der Waals surface area contributed by atoms with E-state index in [1.807, 2.05) is 0 Å². The van der Waals surface area contributed by atoms with Crippen molar-refractivity contribution in [1.82, 2.24) is 0 Å². The maximum Gasteiger partial charge on any atom is 0.523 e. The summed E-state index contributed by atoms with van der Waals surface area (Å²) in [6, 6.07) is 0. The Labute approximate surface area is 155 Å². The molecule has 28 heavy (non-hydrogen) atoms. The van der Waals surface area contributed by atoms with E-state index in [1.54, 1.807) is 0 Å². The summed E-state index contributed by atoms with van der Waals surface area (Å²) >= 11 is 0. The van der Waals surface area contributed by atoms with Gasteiger partial charge in [-0.2, -0.15) is 21.6 Å². The van der Waals surface area contributed by atoms with Gasteiger partial charge >= 0.3 is 27.6 Å². The molecule has 0 aliphatic heterocycles. The number of carbonyl (C=O) groups excluding carboxylic acids is 2. The fraction of sp³-hybridized carbons (Fsp3) is 0.846. The first-order chi connectivity index (χ1) is 12.8. The maximum absolute atomic E-state index is 15.2. The topological polar surface area (TPSA) is 145 Å². The number of fused-ring (bicyclic) bond motifs is 1. The van der Waals surface area contributed by atoms with Crippen LogP contribution in [0.3, 0.4) is 0 Å². The highest BCUT2D eigenvalue weighted by molar-refractivity contribution is 7.87. The molecule has 2 saturated carbocycles. The monoisotopic (exact) mass is 433 g/mol. The minimum atomic E-state index is -6.22. The summed E-state index contributed by atoms with van der Waals surface area (Å²) in [7, 11) is -6.22. The third-order valence-corrected chi connectivity index (χ3v) is 5.70. The van der Waals surface area contributed by atoms with Crippen LogP contribution in [0.25, 0.3) is 10.4 Å². The Hall–Kier alpha value is -2.12. The molecular weight excluding hydrogens is 418 g/mol. The molecule has 0 N–H and O–H groups in total. The zero-order chi connectivity index (χ0) is 21.5. The first-order valence-electron chi connectivity index (χ1n) is 7.93. The molecule has 0 amide bonds. The molecule has 2 fully saturated rings. The molecular formula is C13H15F4N3O7S. The number of hydrogen-bond donors (Lipinski definition) is 0. The van der Waals surface area contributed by atoms with Crippen molar-refractivity contribution in [2.24, 2.45) is 17.0 Å². The van der Waals surface area contributed by atoms with E-state index >= 15 is 4.39 Å². The molecule has 2 aliphatic rings. The Morgan fingerprint density at radius 1 is 1.21 bits per heavy atom. The van der Waals surface area contributed by atoms with E-state index < -0.39 is 63.1 Å². The molecule has 2 rings (SSSR count). The average Bonchev–Trinajstić information content (AvgIpc) is 3.02. The predicted molar refractivity (Wildman–Crippen MR) is 80.4 cm³/mol. The van der Waals surface area contributed by atoms with E-state index in [1.165, 1.54) is 13.8 Å². The summed E-state index contributed by atoms with van der Waals surface area (Å²) in [5.74, 6) is -6.19. The van der Waals surface area contributed by atoms with Gasteiger partial charge in [0.2, 0.25) is 5.67 Å². The number of carbonyl (C=O) groups is 2. The number of esters is 2. The molecule has 0 aromatic rings. The van der Waals surface area contributed by atoms with Crippen LogP contribution >= 0.6 is 0 Å². The number of ether oxygens (including phenoxy) is 2. The third-order valence-electron chi connectivity index (χ3n) is 4.65. The molecule has 2 aliphatic carbocycles. The van der Waals surface area contributed by atoms with Gasteiger partial charge < -0.3 is 9.47 Å². The van der Waals surface area contributed by atoms with Crippen LogP contribution in [-0.4, -0.2) is 56.4 Å². The van der Waals surface area contributed by atoms with Crippen LogP contribution in [0.2, 0.25) is 0 Å². The molecule has 15 heteroatoms. The van der Waals surface area contributed by atoms with E-state index in [-0.39, 0.29) is 13.2 Å². The zero-order valence-electron chi connectivity index (χ0n) is 14.5. The standard InChI is InChI=1S/C13H15F4N3O7S/c1-3-25-9(21)11(14)6-5-7(27-28(23,24)13(15,16)17)12(8(6)11,19-20-18)10(22)26-4-2/h6-8H,3-5H2,1-2H3/t6-,7+,8+,11-,12+/m1/s1. The second kappa shape index (κ2) is 7.04. The molecule has 0 aromatic heterocycles. The lowest BCUT2D eigenvalue weighted by atomic mass is 9.87. The Kier molecular flexibility index (Phi) is 5.58. The third kappa shape index (κ3) is 3.06. The first-order valence-corrected chi connectivity index (χ1v) is 9.34. The number of nitrogens with zero attached hydrogens (tertiary/aromatic N) is 3. The first kappa shape index (κ1) is 22.2. The minimum absolute atomic E-state index is 0.236. The number of hydrogen-bond acceptors (Lipinski definition) is 8. The highest BCUT2D eigenvalue weighted by Gasteiger charge is 2.87. The van der Waals surface area contributed by atoms with Crippen LogP contribution in [-0.2, 0) is 33.4 Å². The van der Waals surface area contributed by atoms with Crippen LogP contribution in [0.5, 0.6) is 0 Å². The van der Waals surface area contributed by atoms with Gasteiger partial charge in [0.15, 0.2) is 5.54 Å². The minimum Gasteiger partial charge on any atom is -0.465 e. The Bertz CT molecular complexity index is 828. The predicted octanol–water partition coefficient (Wildman–Crippen LogP) is 1.75. The van der Waals surface area contributed by atoms with Gasteiger partial charge in [-0.25, -0.2) is 9.18 Å². The van der Waals surface area contributed by atoms with Crippen LogP contribution in [0.15, 0.2) is 5.11 Å². The Balaban J connectivity index is 2.53. The van der Waals surface area contributed by atoms with Crippen molar-refractivity contribution in [2.45, 2.75) is 43.1 Å². The van der Waals surface area contributed by atoms with Gasteiger partial charge in [0, 0.05) is 16.7 Å². The summed E-state index contributed by atoms with van der Waals surface area (Å²) in [5.41, 5.74) is -2.72. The van der Waals surface area contributed by atoms with Crippen molar-refractivity contribution < 1.29 is 49.2 Å². The molecule has 0 unspecified atom stereocenters. The second-order valence-electron chi connectivity index (χ2n) is 6.03. The van der Waals surface area contributed by atoms with Gasteiger partial charge in [-0.3, -0.25) is 8.98 Å². The van der Waals surface area contributed by atoms with Gasteiger partial charge in [0.1, 0.15) is 6.10 Å². The van der Waals surface area contributed by atoms with Gasteiger partial charge in [-0.15, -0.1) is 0 Å². The summed E-state index contributed by atoms with van der Waals surface area (Å²) < 4.78 is 89.3. The number of alkyl halides is 4. The van der Waals surface area contributed by atoms with Gasteiger partial charge in [0.25, 0.3) is 0 Å². The lowest BCUT2D eigenvalue weighted by Gasteiger charge is -2.32. The van der Waals surface area contributed by atoms with Gasteiger partial charge in [-0.05, 0) is 25.8 Å². The van der Waals surface area contributed by atoms with Crippen molar-refractivity contribution in [3.63, 3.8) is 0 Å². The quantitative estimate of drug-likeness (QED) is 0.113. The average molecular weight is 433 g/mol. The lowest BCUT2D eigenvalue weighted by Crippen LogP contribution is -2.54. The van der Waals surface area contributed by atoms with Crippen LogP contribution in [0.4, 0.5) is 17.6 Å². The highest BCUT2D eigenvalue weighted by atomic mass is 32.2. The molecule has 0 aromatic carbocycles. The second-order valence-corrected chi connectivity index (χ2v) is 7.59. The molecule has 0 spiro atoms. The Morgan fingerprint density at radius 3 is 2.21 bits per heavy atom. The van der Waals surface area contributed by atoms with Crippen molar-refractivity contribution in [1.29, 1.82) is 0 Å². The van der Waals surface area contributed by atoms with Crippen molar-refractivity contribution in [2.75, 3.05) is 13.2 Å². The van der Waals surface area contributed by atoms with Crippen molar-refractivity contribution in [3.8, 4) is 0 Å². The molecule has 0 radical (unpaired) electrons. The van der Waals surface area contributed by atoms with Crippen LogP contribution < -0.4 is 0 Å². The van der Waals surface area contributed by atoms with Crippen molar-refractivity contribution in [3.05, 3.63) is 10.4 Å². The zero-order valence-corrected chi connectivity index (χ0v) is 15.3. The van der Waals surface area contributed by atoms with Crippen LogP contribution in [0.1, 0.15) is 20.3 Å². The number of rotatable bonds is 7. The fourth-order valence-corrected chi connectivity index (χ4v) is 4.20. The molecule has 158 valence electrons. The molecule has 0 heterocycles. The van der Waals surface area contributed by atoms with Gasteiger partial charge in [0.05, 0.1) is 13.2 Å². The fourth-order valence-electron chi connectivity index (χ4n) is 3.56. The molecule has 0 saturated heterocycles. The Morgan fingerprint density at radius 2 is 1.75 bits per heavy atom. The molecule has 10 nitrogen and oxygen atoms in total. The van der Waals surface area contributed by atoms with Gasteiger partial charge in [-0.1, -0.05) is 5.11 Å². The van der Waals surface area contributed by atoms with E-state index in [2.05, 4.69) is 23.7 Å². The van der Waals surface area contributed by atoms with E-state index in [9.17, 15) is 31.2 Å².